The Morgan fingerprint density at radius 2 is 1.92 bits per heavy atom. The summed E-state index contributed by atoms with van der Waals surface area (Å²) in [5.41, 5.74) is 2.45. The summed E-state index contributed by atoms with van der Waals surface area (Å²) in [7, 11) is 0. The van der Waals surface area contributed by atoms with Crippen LogP contribution in [-0.2, 0) is 11.2 Å². The minimum absolute atomic E-state index is 0.456. The maximum Gasteiger partial charge on any atom is 0.229 e. The number of aliphatic hydroxyl groups excluding tert-OH is 4. The quantitative estimate of drug-likeness (QED) is 0.556. The Bertz CT molecular complexity index is 653. The minimum Gasteiger partial charge on any atom is -0.462 e. The standard InChI is InChI=1S/C15H18N2O6S/c18-6-10-12(19)13(20)14(21)15(23-10)22-9-4-2-1-3-8(9)5-11-17-16-7-24-11/h1-4,7,10,12-15,18-21H,5-6H2/t10-,12-,13+,14-,15?/m1/s1. The van der Waals surface area contributed by atoms with Gasteiger partial charge in [0, 0.05) is 12.0 Å². The van der Waals surface area contributed by atoms with E-state index in [9.17, 15) is 20.4 Å². The minimum atomic E-state index is -1.48. The first kappa shape index (κ1) is 17.2. The largest absolute Gasteiger partial charge is 0.462 e. The Morgan fingerprint density at radius 1 is 1.12 bits per heavy atom. The van der Waals surface area contributed by atoms with Crippen LogP contribution in [-0.4, -0.2) is 67.9 Å². The number of rotatable bonds is 5. The van der Waals surface area contributed by atoms with Gasteiger partial charge in [-0.3, -0.25) is 0 Å². The van der Waals surface area contributed by atoms with E-state index in [0.717, 1.165) is 10.6 Å². The zero-order valence-corrected chi connectivity index (χ0v) is 13.4. The molecule has 8 nitrogen and oxygen atoms in total. The fourth-order valence-corrected chi connectivity index (χ4v) is 3.04. The fraction of sp³-hybridized carbons (Fsp3) is 0.467. The first-order valence-electron chi connectivity index (χ1n) is 7.40. The van der Waals surface area contributed by atoms with Gasteiger partial charge in [0.25, 0.3) is 0 Å². The molecule has 0 saturated carbocycles. The van der Waals surface area contributed by atoms with Crippen molar-refractivity contribution in [1.82, 2.24) is 10.2 Å². The lowest BCUT2D eigenvalue weighted by atomic mass is 9.99. The van der Waals surface area contributed by atoms with Crippen LogP contribution >= 0.6 is 11.3 Å². The van der Waals surface area contributed by atoms with Crippen molar-refractivity contribution in [3.63, 3.8) is 0 Å². The van der Waals surface area contributed by atoms with Gasteiger partial charge in [0.2, 0.25) is 6.29 Å². The molecule has 1 aromatic carbocycles. The first-order valence-corrected chi connectivity index (χ1v) is 8.28. The lowest BCUT2D eigenvalue weighted by molar-refractivity contribution is -0.277. The van der Waals surface area contributed by atoms with Crippen molar-refractivity contribution in [3.8, 4) is 5.75 Å². The van der Waals surface area contributed by atoms with E-state index >= 15 is 0 Å². The van der Waals surface area contributed by atoms with E-state index in [1.54, 1.807) is 17.6 Å². The third-order valence-electron chi connectivity index (χ3n) is 3.81. The molecule has 2 aromatic rings. The molecule has 0 aliphatic carbocycles. The summed E-state index contributed by atoms with van der Waals surface area (Å²) in [4.78, 5) is 0. The van der Waals surface area contributed by atoms with E-state index in [2.05, 4.69) is 10.2 Å². The molecular formula is C15H18N2O6S. The number of nitrogens with zero attached hydrogens (tertiary/aromatic N) is 2. The summed E-state index contributed by atoms with van der Waals surface area (Å²) in [5.74, 6) is 0.456. The topological polar surface area (TPSA) is 125 Å². The second-order valence-electron chi connectivity index (χ2n) is 5.43. The molecule has 5 atom stereocenters. The van der Waals surface area contributed by atoms with Crippen LogP contribution in [0, 0.1) is 0 Å². The van der Waals surface area contributed by atoms with Crippen LogP contribution in [0.2, 0.25) is 0 Å². The Hall–Kier alpha value is -1.62. The SMILES string of the molecule is OC[C@H]1OC(Oc2ccccc2Cc2nncs2)[C@H](O)[C@@H](O)[C@@H]1O. The summed E-state index contributed by atoms with van der Waals surface area (Å²) in [6.45, 7) is -0.503. The van der Waals surface area contributed by atoms with Gasteiger partial charge in [-0.2, -0.15) is 0 Å². The van der Waals surface area contributed by atoms with Gasteiger partial charge in [-0.1, -0.05) is 18.2 Å². The third kappa shape index (κ3) is 3.56. The molecule has 1 aliphatic rings. The van der Waals surface area contributed by atoms with Crippen molar-refractivity contribution in [3.05, 3.63) is 40.3 Å². The monoisotopic (exact) mass is 354 g/mol. The van der Waals surface area contributed by atoms with Crippen LogP contribution in [0.1, 0.15) is 10.6 Å². The molecule has 130 valence electrons. The number of aromatic nitrogens is 2. The predicted octanol–water partition coefficient (Wildman–Crippen LogP) is -0.692. The molecule has 0 radical (unpaired) electrons. The van der Waals surface area contributed by atoms with Crippen molar-refractivity contribution >= 4 is 11.3 Å². The molecule has 24 heavy (non-hydrogen) atoms. The van der Waals surface area contributed by atoms with Crippen molar-refractivity contribution in [1.29, 1.82) is 0 Å². The van der Waals surface area contributed by atoms with Gasteiger partial charge in [0.1, 0.15) is 40.7 Å². The molecule has 1 unspecified atom stereocenters. The Labute approximate surface area is 141 Å². The molecule has 0 spiro atoms. The number of benzene rings is 1. The van der Waals surface area contributed by atoms with Crippen LogP contribution in [0.15, 0.2) is 29.8 Å². The molecule has 4 N–H and O–H groups in total. The Morgan fingerprint density at radius 3 is 2.62 bits per heavy atom. The summed E-state index contributed by atoms with van der Waals surface area (Å²) >= 11 is 1.41. The van der Waals surface area contributed by atoms with Gasteiger partial charge in [-0.25, -0.2) is 0 Å². The second-order valence-corrected chi connectivity index (χ2v) is 6.35. The Kier molecular flexibility index (Phi) is 5.39. The van der Waals surface area contributed by atoms with Crippen LogP contribution < -0.4 is 4.74 Å². The molecule has 9 heteroatoms. The lowest BCUT2D eigenvalue weighted by Gasteiger charge is -2.39. The van der Waals surface area contributed by atoms with Crippen molar-refractivity contribution < 1.29 is 29.9 Å². The number of ether oxygens (including phenoxy) is 2. The molecule has 1 aliphatic heterocycles. The molecule has 1 aromatic heterocycles. The summed E-state index contributed by atoms with van der Waals surface area (Å²) < 4.78 is 11.1. The molecule has 0 bridgehead atoms. The van der Waals surface area contributed by atoms with Gasteiger partial charge in [0.15, 0.2) is 0 Å². The highest BCUT2D eigenvalue weighted by molar-refractivity contribution is 7.09. The maximum atomic E-state index is 10.1. The number of hydrogen-bond acceptors (Lipinski definition) is 9. The number of para-hydroxylation sites is 1. The molecule has 1 fully saturated rings. The fourth-order valence-electron chi connectivity index (χ4n) is 2.49. The van der Waals surface area contributed by atoms with Gasteiger partial charge < -0.3 is 29.9 Å². The van der Waals surface area contributed by atoms with Crippen molar-refractivity contribution in [2.45, 2.75) is 37.1 Å². The van der Waals surface area contributed by atoms with E-state index < -0.39 is 37.3 Å². The number of hydrogen-bond donors (Lipinski definition) is 4. The van der Waals surface area contributed by atoms with Gasteiger partial charge in [-0.05, 0) is 6.07 Å². The van der Waals surface area contributed by atoms with Crippen LogP contribution in [0.25, 0.3) is 0 Å². The normalized spacial score (nSPS) is 30.2. The Balaban J connectivity index is 1.78. The van der Waals surface area contributed by atoms with Crippen LogP contribution in [0.4, 0.5) is 0 Å². The highest BCUT2D eigenvalue weighted by Gasteiger charge is 2.44. The predicted molar refractivity (Wildman–Crippen MR) is 83.6 cm³/mol. The average Bonchev–Trinajstić information content (AvgIpc) is 3.10. The third-order valence-corrected chi connectivity index (χ3v) is 4.51. The summed E-state index contributed by atoms with van der Waals surface area (Å²) in [6, 6.07) is 7.16. The maximum absolute atomic E-state index is 10.1. The van der Waals surface area contributed by atoms with E-state index in [1.165, 1.54) is 11.3 Å². The van der Waals surface area contributed by atoms with Crippen molar-refractivity contribution in [2.75, 3.05) is 6.61 Å². The smallest absolute Gasteiger partial charge is 0.229 e. The zero-order valence-electron chi connectivity index (χ0n) is 12.6. The van der Waals surface area contributed by atoms with Crippen LogP contribution in [0.5, 0.6) is 5.75 Å². The highest BCUT2D eigenvalue weighted by Crippen LogP contribution is 2.27. The second kappa shape index (κ2) is 7.51. The molecule has 0 amide bonds. The number of aliphatic hydroxyl groups is 4. The van der Waals surface area contributed by atoms with E-state index in [0.29, 0.717) is 12.2 Å². The van der Waals surface area contributed by atoms with Crippen LogP contribution in [0.3, 0.4) is 0 Å². The zero-order chi connectivity index (χ0) is 17.1. The first-order chi connectivity index (χ1) is 11.6. The van der Waals surface area contributed by atoms with E-state index in [1.807, 2.05) is 12.1 Å². The van der Waals surface area contributed by atoms with Gasteiger partial charge in [-0.15, -0.1) is 21.5 Å². The summed E-state index contributed by atoms with van der Waals surface area (Å²) in [5, 5.41) is 47.5. The summed E-state index contributed by atoms with van der Waals surface area (Å²) in [6.07, 6.45) is -6.06. The highest BCUT2D eigenvalue weighted by atomic mass is 32.1. The molecular weight excluding hydrogens is 336 g/mol. The molecule has 3 rings (SSSR count). The van der Waals surface area contributed by atoms with E-state index in [4.69, 9.17) is 9.47 Å². The van der Waals surface area contributed by atoms with Gasteiger partial charge in [0.05, 0.1) is 6.61 Å². The van der Waals surface area contributed by atoms with Gasteiger partial charge >= 0.3 is 0 Å². The molecule has 2 heterocycles. The molecule has 1 saturated heterocycles. The van der Waals surface area contributed by atoms with E-state index in [-0.39, 0.29) is 0 Å². The average molecular weight is 354 g/mol. The lowest BCUT2D eigenvalue weighted by Crippen LogP contribution is -2.60. The van der Waals surface area contributed by atoms with Crippen molar-refractivity contribution in [2.24, 2.45) is 0 Å².